The number of halogens is 1. The number of carbonyl (C=O) groups excluding carboxylic acids is 1. The van der Waals surface area contributed by atoms with Crippen LogP contribution in [0.2, 0.25) is 5.02 Å². The van der Waals surface area contributed by atoms with E-state index in [4.69, 9.17) is 11.6 Å². The molecule has 0 saturated carbocycles. The number of hydrogen-bond donors (Lipinski definition) is 0. The maximum Gasteiger partial charge on any atom is 0.152 e. The second kappa shape index (κ2) is 5.11. The van der Waals surface area contributed by atoms with Crippen molar-refractivity contribution in [1.82, 2.24) is 0 Å². The summed E-state index contributed by atoms with van der Waals surface area (Å²) >= 11 is 7.94. The molecule has 1 unspecified atom stereocenters. The summed E-state index contributed by atoms with van der Waals surface area (Å²) in [4.78, 5) is 13.2. The van der Waals surface area contributed by atoms with Crippen LogP contribution in [-0.2, 0) is 0 Å². The molecule has 4 heteroatoms. The van der Waals surface area contributed by atoms with E-state index in [1.807, 2.05) is 24.9 Å². The van der Waals surface area contributed by atoms with Crippen molar-refractivity contribution in [3.8, 4) is 0 Å². The lowest BCUT2D eigenvalue weighted by atomic mass is 10.1. The zero-order chi connectivity index (χ0) is 11.5. The minimum absolute atomic E-state index is 0.516. The van der Waals surface area contributed by atoms with Crippen molar-refractivity contribution in [1.29, 1.82) is 0 Å². The Balaban J connectivity index is 2.29. The van der Waals surface area contributed by atoms with Crippen molar-refractivity contribution in [3.05, 3.63) is 28.8 Å². The Bertz CT molecular complexity index is 391. The van der Waals surface area contributed by atoms with Gasteiger partial charge < -0.3 is 4.90 Å². The number of carbonyl (C=O) groups is 1. The molecule has 0 amide bonds. The molecule has 0 spiro atoms. The Morgan fingerprint density at radius 1 is 1.56 bits per heavy atom. The van der Waals surface area contributed by atoms with Gasteiger partial charge in [0.05, 0.1) is 0 Å². The first-order valence-corrected chi connectivity index (χ1v) is 6.81. The highest BCUT2D eigenvalue weighted by Gasteiger charge is 2.21. The molecule has 86 valence electrons. The maximum absolute atomic E-state index is 11.0. The molecule has 1 saturated heterocycles. The maximum atomic E-state index is 11.0. The van der Waals surface area contributed by atoms with Crippen LogP contribution in [0.1, 0.15) is 16.8 Å². The third-order valence-electron chi connectivity index (χ3n) is 2.95. The predicted octanol–water partition coefficient (Wildman–Crippen LogP) is 3.09. The second-order valence-corrected chi connectivity index (χ2v) is 5.54. The second-order valence-electron chi connectivity index (χ2n) is 3.95. The number of rotatable bonds is 3. The minimum Gasteiger partial charge on any atom is -0.370 e. The van der Waals surface area contributed by atoms with Gasteiger partial charge in [0.2, 0.25) is 0 Å². The molecule has 0 radical (unpaired) electrons. The SMILES string of the molecule is CN(c1cc(Cl)ccc1C=O)C1CCSC1. The van der Waals surface area contributed by atoms with Crippen molar-refractivity contribution >= 4 is 35.3 Å². The fourth-order valence-electron chi connectivity index (χ4n) is 1.95. The lowest BCUT2D eigenvalue weighted by molar-refractivity contribution is 0.112. The Morgan fingerprint density at radius 3 is 3.00 bits per heavy atom. The molecule has 1 heterocycles. The van der Waals surface area contributed by atoms with Crippen LogP contribution in [0.25, 0.3) is 0 Å². The van der Waals surface area contributed by atoms with E-state index >= 15 is 0 Å². The van der Waals surface area contributed by atoms with E-state index in [-0.39, 0.29) is 0 Å². The van der Waals surface area contributed by atoms with Crippen LogP contribution >= 0.6 is 23.4 Å². The summed E-state index contributed by atoms with van der Waals surface area (Å²) in [5.41, 5.74) is 1.65. The molecule has 0 aromatic heterocycles. The summed E-state index contributed by atoms with van der Waals surface area (Å²) < 4.78 is 0. The van der Waals surface area contributed by atoms with Gasteiger partial charge in [-0.25, -0.2) is 0 Å². The van der Waals surface area contributed by atoms with E-state index in [0.29, 0.717) is 16.6 Å². The van der Waals surface area contributed by atoms with Crippen LogP contribution in [0.3, 0.4) is 0 Å². The first kappa shape index (κ1) is 11.8. The van der Waals surface area contributed by atoms with Crippen molar-refractivity contribution in [3.63, 3.8) is 0 Å². The van der Waals surface area contributed by atoms with Crippen LogP contribution in [0.15, 0.2) is 18.2 Å². The van der Waals surface area contributed by atoms with E-state index in [1.54, 1.807) is 12.1 Å². The van der Waals surface area contributed by atoms with Gasteiger partial charge in [0.1, 0.15) is 0 Å². The lowest BCUT2D eigenvalue weighted by Crippen LogP contribution is -2.32. The quantitative estimate of drug-likeness (QED) is 0.775. The third-order valence-corrected chi connectivity index (χ3v) is 4.33. The normalized spacial score (nSPS) is 19.8. The van der Waals surface area contributed by atoms with Gasteiger partial charge in [0.15, 0.2) is 6.29 Å². The van der Waals surface area contributed by atoms with Gasteiger partial charge >= 0.3 is 0 Å². The topological polar surface area (TPSA) is 20.3 Å². The van der Waals surface area contributed by atoms with Crippen LogP contribution in [-0.4, -0.2) is 30.9 Å². The van der Waals surface area contributed by atoms with E-state index < -0.39 is 0 Å². The Morgan fingerprint density at radius 2 is 2.38 bits per heavy atom. The van der Waals surface area contributed by atoms with Gasteiger partial charge in [0, 0.05) is 35.1 Å². The van der Waals surface area contributed by atoms with Crippen molar-refractivity contribution in [2.24, 2.45) is 0 Å². The number of benzene rings is 1. The molecular formula is C12H14ClNOS. The summed E-state index contributed by atoms with van der Waals surface area (Å²) in [6, 6.07) is 5.92. The molecule has 1 aliphatic rings. The van der Waals surface area contributed by atoms with E-state index in [2.05, 4.69) is 4.90 Å². The molecule has 0 bridgehead atoms. The molecular weight excluding hydrogens is 242 g/mol. The molecule has 0 aliphatic carbocycles. The Labute approximate surface area is 105 Å². The average molecular weight is 256 g/mol. The smallest absolute Gasteiger partial charge is 0.152 e. The van der Waals surface area contributed by atoms with Crippen LogP contribution in [0.4, 0.5) is 5.69 Å². The fraction of sp³-hybridized carbons (Fsp3) is 0.417. The Hall–Kier alpha value is -0.670. The zero-order valence-electron chi connectivity index (χ0n) is 9.15. The highest BCUT2D eigenvalue weighted by Crippen LogP contribution is 2.29. The number of thioether (sulfide) groups is 1. The fourth-order valence-corrected chi connectivity index (χ4v) is 3.38. The van der Waals surface area contributed by atoms with Crippen LogP contribution < -0.4 is 4.90 Å². The first-order chi connectivity index (χ1) is 7.72. The van der Waals surface area contributed by atoms with Crippen LogP contribution in [0.5, 0.6) is 0 Å². The first-order valence-electron chi connectivity index (χ1n) is 5.27. The molecule has 2 nitrogen and oxygen atoms in total. The molecule has 1 fully saturated rings. The van der Waals surface area contributed by atoms with Gasteiger partial charge in [0.25, 0.3) is 0 Å². The number of anilines is 1. The number of aldehydes is 1. The summed E-state index contributed by atoms with van der Waals surface area (Å²) in [5, 5.41) is 0.679. The molecule has 2 rings (SSSR count). The van der Waals surface area contributed by atoms with Gasteiger partial charge in [-0.05, 0) is 30.4 Å². The average Bonchev–Trinajstić information content (AvgIpc) is 2.81. The number of hydrogen-bond acceptors (Lipinski definition) is 3. The molecule has 1 aliphatic heterocycles. The highest BCUT2D eigenvalue weighted by molar-refractivity contribution is 7.99. The van der Waals surface area contributed by atoms with Gasteiger partial charge in [-0.2, -0.15) is 11.8 Å². The summed E-state index contributed by atoms with van der Waals surface area (Å²) in [6.07, 6.45) is 2.07. The standard InChI is InChI=1S/C12H14ClNOS/c1-14(11-4-5-16-8-11)12-6-10(13)3-2-9(12)7-15/h2-3,6-7,11H,4-5,8H2,1H3. The van der Waals surface area contributed by atoms with E-state index in [0.717, 1.165) is 17.7 Å². The van der Waals surface area contributed by atoms with Gasteiger partial charge in [-0.15, -0.1) is 0 Å². The summed E-state index contributed by atoms with van der Waals surface area (Å²) in [5.74, 6) is 2.33. The van der Waals surface area contributed by atoms with Crippen molar-refractivity contribution in [2.45, 2.75) is 12.5 Å². The summed E-state index contributed by atoms with van der Waals surface area (Å²) in [7, 11) is 2.04. The van der Waals surface area contributed by atoms with Gasteiger partial charge in [-0.3, -0.25) is 4.79 Å². The largest absolute Gasteiger partial charge is 0.370 e. The third kappa shape index (κ3) is 2.36. The van der Waals surface area contributed by atoms with Crippen LogP contribution in [0, 0.1) is 0 Å². The Kier molecular flexibility index (Phi) is 3.77. The highest BCUT2D eigenvalue weighted by atomic mass is 35.5. The summed E-state index contributed by atoms with van der Waals surface area (Å²) in [6.45, 7) is 0. The molecule has 0 N–H and O–H groups in total. The molecule has 1 aromatic carbocycles. The molecule has 1 atom stereocenters. The van der Waals surface area contributed by atoms with Crippen molar-refractivity contribution in [2.75, 3.05) is 23.5 Å². The van der Waals surface area contributed by atoms with Gasteiger partial charge in [-0.1, -0.05) is 11.6 Å². The van der Waals surface area contributed by atoms with E-state index in [9.17, 15) is 4.79 Å². The minimum atomic E-state index is 0.516. The predicted molar refractivity (Wildman–Crippen MR) is 71.0 cm³/mol. The monoisotopic (exact) mass is 255 g/mol. The van der Waals surface area contributed by atoms with E-state index in [1.165, 1.54) is 12.2 Å². The number of nitrogens with zero attached hydrogens (tertiary/aromatic N) is 1. The molecule has 16 heavy (non-hydrogen) atoms. The molecule has 1 aromatic rings. The zero-order valence-corrected chi connectivity index (χ0v) is 10.7. The van der Waals surface area contributed by atoms with Crippen molar-refractivity contribution < 1.29 is 4.79 Å². The lowest BCUT2D eigenvalue weighted by Gasteiger charge is -2.27.